The number of benzene rings is 2. The van der Waals surface area contributed by atoms with E-state index in [1.54, 1.807) is 35.2 Å². The number of ether oxygens (including phenoxy) is 2. The first kappa shape index (κ1) is 26.9. The maximum absolute atomic E-state index is 12.9. The highest BCUT2D eigenvalue weighted by atomic mass is 127. The highest BCUT2D eigenvalue weighted by Gasteiger charge is 2.37. The summed E-state index contributed by atoms with van der Waals surface area (Å²) in [6, 6.07) is 9.69. The number of non-ortho nitro benzene ring substituents is 1. The summed E-state index contributed by atoms with van der Waals surface area (Å²) in [6.45, 7) is 3.34. The van der Waals surface area contributed by atoms with Crippen molar-refractivity contribution in [3.63, 3.8) is 0 Å². The number of hydrogen-bond donors (Lipinski definition) is 0. The Morgan fingerprint density at radius 1 is 1.19 bits per heavy atom. The number of halogens is 1. The summed E-state index contributed by atoms with van der Waals surface area (Å²) in [5, 5.41) is 10.6. The minimum atomic E-state index is -0.499. The smallest absolute Gasteiger partial charge is 0.294 e. The molecular formula is C25H24IN3O7S. The van der Waals surface area contributed by atoms with Crippen molar-refractivity contribution in [3.8, 4) is 11.5 Å². The molecule has 0 atom stereocenters. The SMILES string of the molecule is CCOc1cc(/C=C2/SC(=O)N(CC(=O)N3CCCC3)C2=O)cc(I)c1OCc1cccc([N+](=O)[O-])c1. The average molecular weight is 637 g/mol. The van der Waals surface area contributed by atoms with Crippen LogP contribution in [0.25, 0.3) is 6.08 Å². The number of amides is 3. The van der Waals surface area contributed by atoms with Gasteiger partial charge in [0.05, 0.1) is 20.0 Å². The Morgan fingerprint density at radius 3 is 2.65 bits per heavy atom. The zero-order valence-electron chi connectivity index (χ0n) is 20.0. The predicted octanol–water partition coefficient (Wildman–Crippen LogP) is 4.84. The number of nitrogens with zero attached hydrogens (tertiary/aromatic N) is 3. The zero-order valence-corrected chi connectivity index (χ0v) is 23.0. The lowest BCUT2D eigenvalue weighted by Crippen LogP contribution is -2.40. The van der Waals surface area contributed by atoms with Gasteiger partial charge in [0.25, 0.3) is 16.8 Å². The summed E-state index contributed by atoms with van der Waals surface area (Å²) in [6.07, 6.45) is 3.46. The number of carbonyl (C=O) groups excluding carboxylic acids is 3. The lowest BCUT2D eigenvalue weighted by molar-refractivity contribution is -0.384. The first-order chi connectivity index (χ1) is 17.8. The Balaban J connectivity index is 1.51. The molecular weight excluding hydrogens is 613 g/mol. The number of thioether (sulfide) groups is 1. The molecule has 37 heavy (non-hydrogen) atoms. The second-order valence-corrected chi connectivity index (χ2v) is 10.5. The number of rotatable bonds is 9. The fraction of sp³-hybridized carbons (Fsp3) is 0.320. The second-order valence-electron chi connectivity index (χ2n) is 8.33. The van der Waals surface area contributed by atoms with E-state index in [0.29, 0.717) is 45.9 Å². The fourth-order valence-electron chi connectivity index (χ4n) is 3.98. The normalized spacial score (nSPS) is 16.5. The van der Waals surface area contributed by atoms with E-state index in [2.05, 4.69) is 22.6 Å². The van der Waals surface area contributed by atoms with Crippen LogP contribution in [0.15, 0.2) is 41.3 Å². The van der Waals surface area contributed by atoms with Crippen molar-refractivity contribution in [3.05, 3.63) is 66.1 Å². The van der Waals surface area contributed by atoms with Gasteiger partial charge in [-0.25, -0.2) is 0 Å². The maximum atomic E-state index is 12.9. The number of nitro groups is 1. The van der Waals surface area contributed by atoms with Crippen molar-refractivity contribution >= 4 is 63.2 Å². The first-order valence-electron chi connectivity index (χ1n) is 11.6. The number of nitro benzene ring substituents is 1. The molecule has 3 amide bonds. The molecule has 194 valence electrons. The summed E-state index contributed by atoms with van der Waals surface area (Å²) in [5.41, 5.74) is 1.24. The molecule has 0 radical (unpaired) electrons. The van der Waals surface area contributed by atoms with Crippen molar-refractivity contribution in [2.75, 3.05) is 26.2 Å². The van der Waals surface area contributed by atoms with Crippen LogP contribution in [-0.2, 0) is 16.2 Å². The van der Waals surface area contributed by atoms with Gasteiger partial charge in [-0.05, 0) is 83.5 Å². The lowest BCUT2D eigenvalue weighted by Gasteiger charge is -2.18. The molecule has 2 fully saturated rings. The quantitative estimate of drug-likeness (QED) is 0.166. The molecule has 0 N–H and O–H groups in total. The molecule has 2 saturated heterocycles. The second kappa shape index (κ2) is 11.9. The average Bonchev–Trinajstić information content (AvgIpc) is 3.49. The number of imide groups is 1. The number of carbonyl (C=O) groups is 3. The van der Waals surface area contributed by atoms with Crippen LogP contribution in [0.4, 0.5) is 10.5 Å². The molecule has 4 rings (SSSR count). The molecule has 12 heteroatoms. The van der Waals surface area contributed by atoms with E-state index in [1.807, 2.05) is 6.92 Å². The van der Waals surface area contributed by atoms with Crippen molar-refractivity contribution in [1.82, 2.24) is 9.80 Å². The van der Waals surface area contributed by atoms with Gasteiger partial charge in [-0.15, -0.1) is 0 Å². The Morgan fingerprint density at radius 2 is 1.95 bits per heavy atom. The summed E-state index contributed by atoms with van der Waals surface area (Å²) in [5.74, 6) is 0.186. The Bertz CT molecular complexity index is 1280. The molecule has 2 aliphatic rings. The van der Waals surface area contributed by atoms with Gasteiger partial charge in [0, 0.05) is 25.2 Å². The topological polar surface area (TPSA) is 119 Å². The van der Waals surface area contributed by atoms with Crippen LogP contribution in [-0.4, -0.2) is 58.0 Å². The van der Waals surface area contributed by atoms with Crippen molar-refractivity contribution < 1.29 is 28.8 Å². The van der Waals surface area contributed by atoms with E-state index < -0.39 is 16.1 Å². The van der Waals surface area contributed by atoms with Crippen LogP contribution in [0.5, 0.6) is 11.5 Å². The summed E-state index contributed by atoms with van der Waals surface area (Å²) >= 11 is 2.89. The van der Waals surface area contributed by atoms with E-state index in [1.165, 1.54) is 12.1 Å². The molecule has 0 unspecified atom stereocenters. The monoisotopic (exact) mass is 637 g/mol. The van der Waals surface area contributed by atoms with E-state index >= 15 is 0 Å². The highest BCUT2D eigenvalue weighted by Crippen LogP contribution is 2.38. The van der Waals surface area contributed by atoms with E-state index in [0.717, 1.165) is 29.5 Å². The van der Waals surface area contributed by atoms with Gasteiger partial charge in [0.1, 0.15) is 13.2 Å². The van der Waals surface area contributed by atoms with Gasteiger partial charge in [0.15, 0.2) is 11.5 Å². The molecule has 0 saturated carbocycles. The molecule has 0 aliphatic carbocycles. The minimum absolute atomic E-state index is 0.0211. The van der Waals surface area contributed by atoms with Gasteiger partial charge in [-0.1, -0.05) is 12.1 Å². The Kier molecular flexibility index (Phi) is 8.69. The summed E-state index contributed by atoms with van der Waals surface area (Å²) in [4.78, 5) is 51.3. The zero-order chi connectivity index (χ0) is 26.5. The summed E-state index contributed by atoms with van der Waals surface area (Å²) in [7, 11) is 0. The van der Waals surface area contributed by atoms with Crippen LogP contribution in [0.2, 0.25) is 0 Å². The molecule has 0 spiro atoms. The van der Waals surface area contributed by atoms with E-state index in [9.17, 15) is 24.5 Å². The molecule has 2 aromatic carbocycles. The van der Waals surface area contributed by atoms with Crippen molar-refractivity contribution in [1.29, 1.82) is 0 Å². The number of hydrogen-bond acceptors (Lipinski definition) is 8. The predicted molar refractivity (Wildman–Crippen MR) is 146 cm³/mol. The third-order valence-electron chi connectivity index (χ3n) is 5.76. The third kappa shape index (κ3) is 6.42. The third-order valence-corrected chi connectivity index (χ3v) is 7.47. The molecule has 10 nitrogen and oxygen atoms in total. The highest BCUT2D eigenvalue weighted by molar-refractivity contribution is 14.1. The van der Waals surface area contributed by atoms with Crippen LogP contribution in [0, 0.1) is 13.7 Å². The first-order valence-corrected chi connectivity index (χ1v) is 13.5. The summed E-state index contributed by atoms with van der Waals surface area (Å²) < 4.78 is 12.4. The van der Waals surface area contributed by atoms with Gasteiger partial charge >= 0.3 is 0 Å². The van der Waals surface area contributed by atoms with Crippen molar-refractivity contribution in [2.45, 2.75) is 26.4 Å². The molecule has 2 heterocycles. The maximum Gasteiger partial charge on any atom is 0.294 e. The van der Waals surface area contributed by atoms with Crippen LogP contribution >= 0.6 is 34.4 Å². The molecule has 2 aliphatic heterocycles. The Hall–Kier alpha value is -3.13. The molecule has 0 aromatic heterocycles. The van der Waals surface area contributed by atoms with E-state index in [4.69, 9.17) is 9.47 Å². The lowest BCUT2D eigenvalue weighted by atomic mass is 10.1. The molecule has 2 aromatic rings. The van der Waals surface area contributed by atoms with Crippen molar-refractivity contribution in [2.24, 2.45) is 0 Å². The fourth-order valence-corrected chi connectivity index (χ4v) is 5.60. The van der Waals surface area contributed by atoms with E-state index in [-0.39, 0.29) is 29.7 Å². The van der Waals surface area contributed by atoms with Gasteiger partial charge < -0.3 is 14.4 Å². The van der Waals surface area contributed by atoms with Crippen LogP contribution in [0.3, 0.4) is 0 Å². The van der Waals surface area contributed by atoms with Crippen LogP contribution < -0.4 is 9.47 Å². The number of likely N-dealkylation sites (tertiary alicyclic amines) is 1. The van der Waals surface area contributed by atoms with Crippen LogP contribution in [0.1, 0.15) is 30.9 Å². The molecule has 0 bridgehead atoms. The van der Waals surface area contributed by atoms with Gasteiger partial charge in [0.2, 0.25) is 5.91 Å². The largest absolute Gasteiger partial charge is 0.490 e. The standard InChI is InChI=1S/C25H24IN3O7S/c1-2-35-20-12-17(11-19(26)23(20)36-15-16-6-5-7-18(10-16)29(33)34)13-21-24(31)28(25(32)37-21)14-22(30)27-8-3-4-9-27/h5-7,10-13H,2-4,8-9,14-15H2,1H3/b21-13+. The van der Waals surface area contributed by atoms with Gasteiger partial charge in [-0.2, -0.15) is 0 Å². The van der Waals surface area contributed by atoms with Gasteiger partial charge in [-0.3, -0.25) is 29.4 Å². The Labute approximate surface area is 231 Å². The minimum Gasteiger partial charge on any atom is -0.490 e.